The minimum atomic E-state index is -0.782. The van der Waals surface area contributed by atoms with E-state index in [1.807, 2.05) is 32.0 Å². The summed E-state index contributed by atoms with van der Waals surface area (Å²) in [5, 5.41) is 12.0. The lowest BCUT2D eigenvalue weighted by Crippen LogP contribution is -2.40. The van der Waals surface area contributed by atoms with Crippen LogP contribution >= 0.6 is 0 Å². The lowest BCUT2D eigenvalue weighted by molar-refractivity contribution is -0.126. The molecule has 0 bridgehead atoms. The molecule has 0 heterocycles. The van der Waals surface area contributed by atoms with Gasteiger partial charge < -0.3 is 5.32 Å². The Kier molecular flexibility index (Phi) is 2.89. The van der Waals surface area contributed by atoms with E-state index < -0.39 is 5.41 Å². The smallest absolute Gasteiger partial charge is 0.244 e. The van der Waals surface area contributed by atoms with Crippen LogP contribution in [0.2, 0.25) is 0 Å². The van der Waals surface area contributed by atoms with Crippen molar-refractivity contribution in [1.82, 2.24) is 0 Å². The summed E-state index contributed by atoms with van der Waals surface area (Å²) in [5.74, 6) is -0.153. The highest BCUT2D eigenvalue weighted by Gasteiger charge is 2.44. The molecule has 0 saturated heterocycles. The molecular formula is C14H16N2O. The number of rotatable bonds is 2. The van der Waals surface area contributed by atoms with Crippen molar-refractivity contribution in [3.63, 3.8) is 0 Å². The average molecular weight is 228 g/mol. The topological polar surface area (TPSA) is 52.9 Å². The highest BCUT2D eigenvalue weighted by atomic mass is 16.2. The molecule has 0 aromatic heterocycles. The zero-order valence-corrected chi connectivity index (χ0v) is 10.2. The fourth-order valence-corrected chi connectivity index (χ4v) is 2.05. The van der Waals surface area contributed by atoms with Crippen LogP contribution in [0, 0.1) is 30.6 Å². The second kappa shape index (κ2) is 4.21. The van der Waals surface area contributed by atoms with E-state index in [0.717, 1.165) is 23.2 Å². The lowest BCUT2D eigenvalue weighted by Gasteiger charge is -2.33. The molecule has 3 nitrogen and oxygen atoms in total. The van der Waals surface area contributed by atoms with Gasteiger partial charge in [0.2, 0.25) is 5.91 Å². The van der Waals surface area contributed by atoms with Crippen molar-refractivity contribution in [2.24, 2.45) is 5.41 Å². The molecule has 2 rings (SSSR count). The number of nitrogens with one attached hydrogen (secondary N) is 1. The Morgan fingerprint density at radius 1 is 1.41 bits per heavy atom. The van der Waals surface area contributed by atoms with E-state index >= 15 is 0 Å². The van der Waals surface area contributed by atoms with Crippen molar-refractivity contribution >= 4 is 11.6 Å². The van der Waals surface area contributed by atoms with Crippen LogP contribution in [0.25, 0.3) is 0 Å². The number of anilines is 1. The number of benzene rings is 1. The number of hydrogen-bond donors (Lipinski definition) is 1. The number of nitrogens with zero attached hydrogens (tertiary/aromatic N) is 1. The summed E-state index contributed by atoms with van der Waals surface area (Å²) >= 11 is 0. The Labute approximate surface area is 101 Å². The summed E-state index contributed by atoms with van der Waals surface area (Å²) < 4.78 is 0. The number of aryl methyl sites for hydroxylation is 1. The Hall–Kier alpha value is -1.82. The second-order valence-corrected chi connectivity index (χ2v) is 4.75. The molecule has 0 atom stereocenters. The Morgan fingerprint density at radius 2 is 2.12 bits per heavy atom. The molecule has 0 radical (unpaired) electrons. The normalized spacial score (nSPS) is 16.8. The molecule has 1 saturated carbocycles. The van der Waals surface area contributed by atoms with Gasteiger partial charge >= 0.3 is 0 Å². The largest absolute Gasteiger partial charge is 0.324 e. The van der Waals surface area contributed by atoms with Gasteiger partial charge in [0.1, 0.15) is 5.41 Å². The van der Waals surface area contributed by atoms with Crippen LogP contribution in [0.5, 0.6) is 0 Å². The van der Waals surface area contributed by atoms with Crippen LogP contribution in [0.3, 0.4) is 0 Å². The second-order valence-electron chi connectivity index (χ2n) is 4.75. The quantitative estimate of drug-likeness (QED) is 0.846. The molecule has 0 spiro atoms. The van der Waals surface area contributed by atoms with Gasteiger partial charge in [-0.2, -0.15) is 5.26 Å². The number of carbonyl (C=O) groups excluding carboxylic acids is 1. The molecule has 0 aliphatic heterocycles. The number of hydrogen-bond acceptors (Lipinski definition) is 2. The third kappa shape index (κ3) is 1.91. The molecule has 1 aliphatic rings. The van der Waals surface area contributed by atoms with Crippen molar-refractivity contribution in [2.75, 3.05) is 5.32 Å². The Morgan fingerprint density at radius 3 is 2.65 bits per heavy atom. The summed E-state index contributed by atoms with van der Waals surface area (Å²) in [6.45, 7) is 3.99. The number of amides is 1. The van der Waals surface area contributed by atoms with E-state index in [1.54, 1.807) is 0 Å². The van der Waals surface area contributed by atoms with Crippen LogP contribution in [0.1, 0.15) is 30.4 Å². The van der Waals surface area contributed by atoms with Crippen LogP contribution in [-0.4, -0.2) is 5.91 Å². The molecule has 1 aliphatic carbocycles. The maximum absolute atomic E-state index is 12.1. The first-order valence-electron chi connectivity index (χ1n) is 5.88. The van der Waals surface area contributed by atoms with E-state index in [2.05, 4.69) is 11.4 Å². The minimum absolute atomic E-state index is 0.153. The van der Waals surface area contributed by atoms with Crippen molar-refractivity contribution in [3.8, 4) is 6.07 Å². The first kappa shape index (κ1) is 11.7. The monoisotopic (exact) mass is 228 g/mol. The van der Waals surface area contributed by atoms with E-state index in [4.69, 9.17) is 5.26 Å². The molecule has 0 unspecified atom stereocenters. The SMILES string of the molecule is Cc1cccc(NC(=O)C2(C#N)CCC2)c1C. The van der Waals surface area contributed by atoms with Gasteiger partial charge in [-0.15, -0.1) is 0 Å². The van der Waals surface area contributed by atoms with E-state index in [-0.39, 0.29) is 5.91 Å². The summed E-state index contributed by atoms with van der Waals surface area (Å²) in [7, 11) is 0. The van der Waals surface area contributed by atoms with E-state index in [9.17, 15) is 4.79 Å². The molecule has 1 aromatic rings. The fraction of sp³-hybridized carbons (Fsp3) is 0.429. The van der Waals surface area contributed by atoms with Gasteiger partial charge in [0.05, 0.1) is 6.07 Å². The molecule has 17 heavy (non-hydrogen) atoms. The number of nitriles is 1. The van der Waals surface area contributed by atoms with Crippen LogP contribution in [0.15, 0.2) is 18.2 Å². The summed E-state index contributed by atoms with van der Waals surface area (Å²) in [6, 6.07) is 7.96. The molecule has 1 amide bonds. The van der Waals surface area contributed by atoms with Crippen LogP contribution in [0.4, 0.5) is 5.69 Å². The maximum Gasteiger partial charge on any atom is 0.244 e. The van der Waals surface area contributed by atoms with Crippen LogP contribution in [-0.2, 0) is 4.79 Å². The van der Waals surface area contributed by atoms with Crippen molar-refractivity contribution in [3.05, 3.63) is 29.3 Å². The van der Waals surface area contributed by atoms with E-state index in [1.165, 1.54) is 0 Å². The maximum atomic E-state index is 12.1. The lowest BCUT2D eigenvalue weighted by atomic mass is 9.69. The van der Waals surface area contributed by atoms with Crippen molar-refractivity contribution in [1.29, 1.82) is 5.26 Å². The van der Waals surface area contributed by atoms with Gasteiger partial charge in [0.25, 0.3) is 0 Å². The van der Waals surface area contributed by atoms with Crippen molar-refractivity contribution in [2.45, 2.75) is 33.1 Å². The predicted molar refractivity (Wildman–Crippen MR) is 66.4 cm³/mol. The first-order chi connectivity index (χ1) is 8.09. The third-order valence-electron chi connectivity index (χ3n) is 3.71. The Bertz CT molecular complexity index is 495. The van der Waals surface area contributed by atoms with Gasteiger partial charge in [0, 0.05) is 5.69 Å². The standard InChI is InChI=1S/C14H16N2O/c1-10-5-3-6-12(11(10)2)16-13(17)14(9-15)7-4-8-14/h3,5-6H,4,7-8H2,1-2H3,(H,16,17). The van der Waals surface area contributed by atoms with Gasteiger partial charge in [-0.05, 0) is 50.3 Å². The highest BCUT2D eigenvalue weighted by Crippen LogP contribution is 2.41. The zero-order valence-electron chi connectivity index (χ0n) is 10.2. The molecule has 1 fully saturated rings. The molecule has 88 valence electrons. The highest BCUT2D eigenvalue weighted by molar-refractivity contribution is 5.98. The van der Waals surface area contributed by atoms with Gasteiger partial charge in [-0.1, -0.05) is 12.1 Å². The third-order valence-corrected chi connectivity index (χ3v) is 3.71. The predicted octanol–water partition coefficient (Wildman–Crippen LogP) is 2.94. The first-order valence-corrected chi connectivity index (χ1v) is 5.88. The van der Waals surface area contributed by atoms with Crippen LogP contribution < -0.4 is 5.32 Å². The Balaban J connectivity index is 2.19. The van der Waals surface area contributed by atoms with Crippen molar-refractivity contribution < 1.29 is 4.79 Å². The number of carbonyl (C=O) groups is 1. The van der Waals surface area contributed by atoms with Gasteiger partial charge in [-0.3, -0.25) is 4.79 Å². The summed E-state index contributed by atoms with van der Waals surface area (Å²) in [6.07, 6.45) is 2.33. The fourth-order valence-electron chi connectivity index (χ4n) is 2.05. The van der Waals surface area contributed by atoms with Gasteiger partial charge in [0.15, 0.2) is 0 Å². The molecule has 3 heteroatoms. The minimum Gasteiger partial charge on any atom is -0.324 e. The average Bonchev–Trinajstić information content (AvgIpc) is 2.24. The zero-order chi connectivity index (χ0) is 12.5. The summed E-state index contributed by atoms with van der Waals surface area (Å²) in [5.41, 5.74) is 2.24. The molecular weight excluding hydrogens is 212 g/mol. The van der Waals surface area contributed by atoms with Gasteiger partial charge in [-0.25, -0.2) is 0 Å². The molecule has 1 N–H and O–H groups in total. The van der Waals surface area contributed by atoms with E-state index in [0.29, 0.717) is 12.8 Å². The summed E-state index contributed by atoms with van der Waals surface area (Å²) in [4.78, 5) is 12.1. The molecule has 1 aromatic carbocycles.